The van der Waals surface area contributed by atoms with Gasteiger partial charge >= 0.3 is 11.9 Å². The smallest absolute Gasteiger partial charge is 0.270 e. The van der Waals surface area contributed by atoms with Crippen molar-refractivity contribution in [1.29, 1.82) is 0 Å². The number of imide groups is 2. The minimum atomic E-state index is -1.78. The van der Waals surface area contributed by atoms with Gasteiger partial charge in [-0.2, -0.15) is 9.63 Å². The van der Waals surface area contributed by atoms with E-state index in [2.05, 4.69) is 0 Å². The summed E-state index contributed by atoms with van der Waals surface area (Å²) < 4.78 is -1.07. The van der Waals surface area contributed by atoms with E-state index >= 15 is 0 Å². The normalized spacial score (nSPS) is 22.6. The minimum Gasteiger partial charge on any atom is -0.270 e. The quantitative estimate of drug-likeness (QED) is 0.620. The van der Waals surface area contributed by atoms with E-state index in [1.165, 1.54) is 21.3 Å². The summed E-state index contributed by atoms with van der Waals surface area (Å²) >= 11 is 0. The second-order valence-electron chi connectivity index (χ2n) is 5.96. The highest BCUT2D eigenvalue weighted by Crippen LogP contribution is 2.42. The van der Waals surface area contributed by atoms with Crippen LogP contribution in [-0.2, 0) is 24.7 Å². The van der Waals surface area contributed by atoms with Crippen molar-refractivity contribution in [2.45, 2.75) is 5.41 Å². The van der Waals surface area contributed by atoms with Gasteiger partial charge in [-0.1, -0.05) is 65.7 Å². The fourth-order valence-electron chi connectivity index (χ4n) is 3.27. The van der Waals surface area contributed by atoms with Crippen molar-refractivity contribution in [3.05, 3.63) is 71.8 Å². The maximum atomic E-state index is 13.6. The Bertz CT molecular complexity index is 813. The van der Waals surface area contributed by atoms with E-state index in [1.54, 1.807) is 60.7 Å². The van der Waals surface area contributed by atoms with Crippen LogP contribution in [-0.4, -0.2) is 48.8 Å². The van der Waals surface area contributed by atoms with Gasteiger partial charge < -0.3 is 0 Å². The molecule has 1 aliphatic rings. The Morgan fingerprint density at radius 2 is 1.31 bits per heavy atom. The molecule has 0 N–H and O–H groups in total. The zero-order valence-electron chi connectivity index (χ0n) is 14.7. The number of quaternary nitrogens is 1. The summed E-state index contributed by atoms with van der Waals surface area (Å²) in [6.45, 7) is 0. The van der Waals surface area contributed by atoms with E-state index in [0.717, 1.165) is 0 Å². The minimum absolute atomic E-state index is 0.428. The van der Waals surface area contributed by atoms with Crippen LogP contribution >= 0.6 is 0 Å². The molecule has 1 atom stereocenters. The van der Waals surface area contributed by atoms with Crippen molar-refractivity contribution in [3.63, 3.8) is 0 Å². The van der Waals surface area contributed by atoms with Crippen LogP contribution in [0.2, 0.25) is 0 Å². The average Bonchev–Trinajstić information content (AvgIpc) is 2.69. The number of amides is 4. The predicted molar refractivity (Wildman–Crippen MR) is 91.1 cm³/mol. The fourth-order valence-corrected chi connectivity index (χ4v) is 3.27. The van der Waals surface area contributed by atoms with Crippen molar-refractivity contribution >= 4 is 17.8 Å². The molecule has 1 unspecified atom stereocenters. The lowest BCUT2D eigenvalue weighted by Gasteiger charge is -2.42. The van der Waals surface area contributed by atoms with Crippen LogP contribution in [0.4, 0.5) is 4.79 Å². The first-order chi connectivity index (χ1) is 12.4. The van der Waals surface area contributed by atoms with Crippen LogP contribution in [0.25, 0.3) is 0 Å². The van der Waals surface area contributed by atoms with Crippen LogP contribution in [0.3, 0.4) is 0 Å². The number of rotatable bonds is 4. The Kier molecular flexibility index (Phi) is 4.45. The number of carbonyl (C=O) groups excluding carboxylic acids is 3. The van der Waals surface area contributed by atoms with Gasteiger partial charge in [-0.05, 0) is 15.8 Å². The fraction of sp³-hybridized carbons (Fsp3) is 0.211. The summed E-state index contributed by atoms with van der Waals surface area (Å²) in [5.74, 6) is -1.49. The highest BCUT2D eigenvalue weighted by atomic mass is 16.8. The Balaban J connectivity index is 2.40. The number of hydrogen-bond acceptors (Lipinski definition) is 5. The molecule has 0 aromatic heterocycles. The molecule has 134 valence electrons. The van der Waals surface area contributed by atoms with Crippen LogP contribution in [0.15, 0.2) is 60.7 Å². The summed E-state index contributed by atoms with van der Waals surface area (Å²) in [6.07, 6.45) is 0. The number of nitrogens with zero attached hydrogens (tertiary/aromatic N) is 2. The van der Waals surface area contributed by atoms with Gasteiger partial charge in [-0.15, -0.1) is 0 Å². The van der Waals surface area contributed by atoms with Crippen molar-refractivity contribution in [2.75, 3.05) is 21.3 Å². The Hall–Kier alpha value is -2.87. The highest BCUT2D eigenvalue weighted by Gasteiger charge is 2.70. The molecule has 0 bridgehead atoms. The molecule has 1 saturated heterocycles. The molecule has 1 aliphatic heterocycles. The first kappa shape index (κ1) is 17.9. The Morgan fingerprint density at radius 1 is 0.846 bits per heavy atom. The molecule has 0 radical (unpaired) electrons. The second-order valence-corrected chi connectivity index (χ2v) is 5.96. The van der Waals surface area contributed by atoms with Gasteiger partial charge in [0.25, 0.3) is 5.91 Å². The number of likely N-dealkylation sites (N-methyl/N-ethyl adjacent to an activating group) is 1. The third-order valence-corrected chi connectivity index (χ3v) is 4.71. The van der Waals surface area contributed by atoms with Gasteiger partial charge in [-0.3, -0.25) is 9.63 Å². The average molecular weight is 355 g/mol. The first-order valence-corrected chi connectivity index (χ1v) is 7.96. The van der Waals surface area contributed by atoms with Gasteiger partial charge in [0.15, 0.2) is 0 Å². The number of barbiturate groups is 1. The zero-order valence-corrected chi connectivity index (χ0v) is 14.7. The van der Waals surface area contributed by atoms with E-state index in [1.807, 2.05) is 0 Å². The van der Waals surface area contributed by atoms with Crippen molar-refractivity contribution in [1.82, 2.24) is 5.06 Å². The van der Waals surface area contributed by atoms with E-state index < -0.39 is 27.9 Å². The van der Waals surface area contributed by atoms with Gasteiger partial charge in [0, 0.05) is 0 Å². The number of urea groups is 1. The van der Waals surface area contributed by atoms with Crippen LogP contribution in [0.5, 0.6) is 0 Å². The maximum Gasteiger partial charge on any atom is 0.490 e. The van der Waals surface area contributed by atoms with Gasteiger partial charge in [0.2, 0.25) is 5.41 Å². The molecule has 7 nitrogen and oxygen atoms in total. The number of hydrogen-bond donors (Lipinski definition) is 0. The molecular weight excluding hydrogens is 336 g/mol. The maximum absolute atomic E-state index is 13.6. The highest BCUT2D eigenvalue weighted by molar-refractivity contribution is 6.19. The molecule has 0 saturated carbocycles. The lowest BCUT2D eigenvalue weighted by molar-refractivity contribution is -0.963. The zero-order chi connectivity index (χ0) is 18.9. The molecule has 2 aromatic rings. The van der Waals surface area contributed by atoms with Crippen molar-refractivity contribution in [3.8, 4) is 0 Å². The molecule has 0 spiro atoms. The Morgan fingerprint density at radius 3 is 1.69 bits per heavy atom. The molecule has 2 aromatic carbocycles. The SMILES string of the molecule is CON1C(=O)C(c2ccccc2)(c2ccccc2)C(=O)[N+](C)(OC)C1=O. The predicted octanol–water partition coefficient (Wildman–Crippen LogP) is 2.03. The summed E-state index contributed by atoms with van der Waals surface area (Å²) in [6, 6.07) is 16.3. The lowest BCUT2D eigenvalue weighted by atomic mass is 9.71. The summed E-state index contributed by atoms with van der Waals surface area (Å²) in [7, 11) is 3.73. The molecule has 3 rings (SSSR count). The van der Waals surface area contributed by atoms with E-state index in [0.29, 0.717) is 16.2 Å². The van der Waals surface area contributed by atoms with Crippen molar-refractivity contribution < 1.29 is 28.7 Å². The topological polar surface area (TPSA) is 72.9 Å². The first-order valence-electron chi connectivity index (χ1n) is 7.96. The van der Waals surface area contributed by atoms with Crippen molar-refractivity contribution in [2.24, 2.45) is 0 Å². The second kappa shape index (κ2) is 6.45. The van der Waals surface area contributed by atoms with Gasteiger partial charge in [-0.25, -0.2) is 4.79 Å². The Labute approximate surface area is 150 Å². The van der Waals surface area contributed by atoms with Crippen LogP contribution in [0.1, 0.15) is 11.1 Å². The summed E-state index contributed by atoms with van der Waals surface area (Å²) in [4.78, 5) is 50.0. The third kappa shape index (κ3) is 2.22. The monoisotopic (exact) mass is 355 g/mol. The number of carbonyl (C=O) groups is 3. The van der Waals surface area contributed by atoms with Crippen LogP contribution in [0, 0.1) is 0 Å². The molecule has 1 fully saturated rings. The van der Waals surface area contributed by atoms with Gasteiger partial charge in [0.1, 0.15) is 7.05 Å². The van der Waals surface area contributed by atoms with Gasteiger partial charge in [0.05, 0.1) is 14.2 Å². The molecule has 1 heterocycles. The summed E-state index contributed by atoms with van der Waals surface area (Å²) in [5, 5.41) is 0.588. The van der Waals surface area contributed by atoms with E-state index in [4.69, 9.17) is 9.68 Å². The number of benzene rings is 2. The lowest BCUT2D eigenvalue weighted by Crippen LogP contribution is -2.74. The van der Waals surface area contributed by atoms with E-state index in [-0.39, 0.29) is 0 Å². The third-order valence-electron chi connectivity index (χ3n) is 4.71. The molecule has 26 heavy (non-hydrogen) atoms. The standard InChI is InChI=1S/C19H19N2O5/c1-21(26-3)17(23)19(14-10-6-4-7-11-14,15-12-8-5-9-13-15)16(22)20(25-2)18(21)24/h4-13H,1-3H3/q+1. The summed E-state index contributed by atoms with van der Waals surface area (Å²) in [5.41, 5.74) is -0.925. The largest absolute Gasteiger partial charge is 0.490 e. The number of hydroxylamine groups is 5. The van der Waals surface area contributed by atoms with Crippen LogP contribution < -0.4 is 0 Å². The molecule has 7 heteroatoms. The molecular formula is C19H19N2O5+. The van der Waals surface area contributed by atoms with E-state index in [9.17, 15) is 14.4 Å². The molecule has 0 aliphatic carbocycles. The molecule has 4 amide bonds.